The first-order valence-corrected chi connectivity index (χ1v) is 9.63. The van der Waals surface area contributed by atoms with Crippen molar-refractivity contribution in [3.05, 3.63) is 29.8 Å². The van der Waals surface area contributed by atoms with Gasteiger partial charge in [0.15, 0.2) is 14.7 Å². The Hall–Kier alpha value is -1.58. The smallest absolute Gasteiger partial charge is 0.432 e. The predicted molar refractivity (Wildman–Crippen MR) is 89.1 cm³/mol. The molecular weight excluding hydrogens is 400 g/mol. The number of rotatable bonds is 8. The number of hydrogen-bond acceptors (Lipinski definition) is 6. The van der Waals surface area contributed by atoms with Crippen LogP contribution in [-0.2, 0) is 30.7 Å². The summed E-state index contributed by atoms with van der Waals surface area (Å²) in [5, 5.41) is 2.15. The molecule has 1 aromatic rings. The Kier molecular flexibility index (Phi) is 8.40. The number of hydrogen-bond donors (Lipinski definition) is 1. The van der Waals surface area contributed by atoms with Crippen LogP contribution in [0.3, 0.4) is 0 Å². The van der Waals surface area contributed by atoms with E-state index >= 15 is 0 Å². The fourth-order valence-electron chi connectivity index (χ4n) is 1.57. The fraction of sp³-hybridized carbons (Fsp3) is 0.429. The summed E-state index contributed by atoms with van der Waals surface area (Å²) in [5.74, 6) is -0.811. The molecule has 0 aliphatic carbocycles. The highest BCUT2D eigenvalue weighted by Crippen LogP contribution is 2.11. The molecule has 0 saturated carbocycles. The van der Waals surface area contributed by atoms with Crippen LogP contribution in [0.1, 0.15) is 5.56 Å². The van der Waals surface area contributed by atoms with Crippen LogP contribution >= 0.6 is 23.2 Å². The largest absolute Gasteiger partial charge is 0.508 e. The molecule has 0 aliphatic heterocycles. The second-order valence-corrected chi connectivity index (χ2v) is 8.04. The van der Waals surface area contributed by atoms with E-state index in [1.165, 1.54) is 24.3 Å². The number of carbonyl (C=O) groups is 2. The van der Waals surface area contributed by atoms with Gasteiger partial charge in [-0.1, -0.05) is 35.3 Å². The lowest BCUT2D eigenvalue weighted by Crippen LogP contribution is -2.42. The van der Waals surface area contributed by atoms with Gasteiger partial charge in [0.2, 0.25) is 0 Å². The molecule has 1 rings (SSSR count). The van der Waals surface area contributed by atoms with Crippen molar-refractivity contribution in [3.8, 4) is 0 Å². The number of amides is 1. The third kappa shape index (κ3) is 7.89. The monoisotopic (exact) mass is 415 g/mol. The number of nitrogens with one attached hydrogen (secondary N) is 1. The third-order valence-corrected chi connectivity index (χ3v) is 4.37. The van der Waals surface area contributed by atoms with Crippen molar-refractivity contribution < 1.29 is 31.9 Å². The first-order valence-electron chi connectivity index (χ1n) is 6.86. The average molecular weight is 416 g/mol. The van der Waals surface area contributed by atoms with Crippen LogP contribution < -0.4 is 5.32 Å². The Labute approximate surface area is 154 Å². The van der Waals surface area contributed by atoms with Crippen molar-refractivity contribution in [2.75, 3.05) is 19.5 Å². The van der Waals surface area contributed by atoms with Crippen LogP contribution in [0, 0.1) is 0 Å². The van der Waals surface area contributed by atoms with E-state index < -0.39 is 46.1 Å². The lowest BCUT2D eigenvalue weighted by molar-refractivity contribution is -0.120. The second kappa shape index (κ2) is 9.79. The Morgan fingerprint density at radius 3 is 2.28 bits per heavy atom. The van der Waals surface area contributed by atoms with Gasteiger partial charge < -0.3 is 14.8 Å². The molecule has 0 aliphatic rings. The van der Waals surface area contributed by atoms with Crippen LogP contribution in [0.25, 0.3) is 0 Å². The zero-order valence-corrected chi connectivity index (χ0v) is 15.4. The van der Waals surface area contributed by atoms with Gasteiger partial charge in [-0.15, -0.1) is 0 Å². The highest BCUT2D eigenvalue weighted by molar-refractivity contribution is 7.90. The maximum Gasteiger partial charge on any atom is 0.508 e. The van der Waals surface area contributed by atoms with Gasteiger partial charge in [0, 0.05) is 6.26 Å². The maximum absolute atomic E-state index is 12.7. The second-order valence-electron chi connectivity index (χ2n) is 4.93. The van der Waals surface area contributed by atoms with Crippen molar-refractivity contribution in [3.63, 3.8) is 0 Å². The average Bonchev–Trinajstić information content (AvgIpc) is 2.55. The van der Waals surface area contributed by atoms with E-state index in [1.54, 1.807) is 0 Å². The minimum absolute atomic E-state index is 0.136. The highest BCUT2D eigenvalue weighted by atomic mass is 35.5. The Morgan fingerprint density at radius 2 is 1.80 bits per heavy atom. The van der Waals surface area contributed by atoms with E-state index in [4.69, 9.17) is 27.9 Å². The Bertz CT molecular complexity index is 696. The summed E-state index contributed by atoms with van der Waals surface area (Å²) in [4.78, 5) is 21.4. The zero-order chi connectivity index (χ0) is 19.0. The molecule has 0 radical (unpaired) electrons. The summed E-state index contributed by atoms with van der Waals surface area (Å²) >= 11 is 10.6. The molecule has 140 valence electrons. The van der Waals surface area contributed by atoms with Crippen LogP contribution in [0.15, 0.2) is 29.2 Å². The number of carbonyl (C=O) groups excluding carboxylic acids is 2. The molecule has 7 nitrogen and oxygen atoms in total. The molecule has 0 bridgehead atoms. The summed E-state index contributed by atoms with van der Waals surface area (Å²) < 4.78 is 44.9. The first kappa shape index (κ1) is 21.5. The van der Waals surface area contributed by atoms with E-state index in [1.807, 2.05) is 0 Å². The molecule has 1 aromatic carbocycles. The van der Waals surface area contributed by atoms with Gasteiger partial charge in [-0.05, 0) is 17.7 Å². The van der Waals surface area contributed by atoms with Crippen LogP contribution in [0.2, 0.25) is 0 Å². The summed E-state index contributed by atoms with van der Waals surface area (Å²) in [6.45, 7) is -1.62. The minimum atomic E-state index is -3.31. The van der Waals surface area contributed by atoms with E-state index in [0.29, 0.717) is 5.56 Å². The maximum atomic E-state index is 12.7. The van der Waals surface area contributed by atoms with E-state index in [-0.39, 0.29) is 11.5 Å². The molecule has 0 aromatic heterocycles. The van der Waals surface area contributed by atoms with E-state index in [0.717, 1.165) is 6.26 Å². The van der Waals surface area contributed by atoms with Crippen molar-refractivity contribution in [1.29, 1.82) is 0 Å². The number of sulfone groups is 1. The number of halogens is 3. The molecule has 1 atom stereocenters. The van der Waals surface area contributed by atoms with E-state index in [2.05, 4.69) is 10.1 Å². The Balaban J connectivity index is 2.43. The first-order chi connectivity index (χ1) is 11.6. The molecule has 0 fully saturated rings. The molecule has 0 heterocycles. The molecule has 0 spiro atoms. The molecule has 11 heteroatoms. The van der Waals surface area contributed by atoms with Gasteiger partial charge in [0.25, 0.3) is 5.91 Å². The van der Waals surface area contributed by atoms with Crippen molar-refractivity contribution in [2.24, 2.45) is 0 Å². The van der Waals surface area contributed by atoms with Gasteiger partial charge in [-0.2, -0.15) is 0 Å². The fourth-order valence-corrected chi connectivity index (χ4v) is 2.33. The lowest BCUT2D eigenvalue weighted by Gasteiger charge is -2.15. The van der Waals surface area contributed by atoms with Gasteiger partial charge in [0.1, 0.15) is 19.9 Å². The Morgan fingerprint density at radius 1 is 1.20 bits per heavy atom. The summed E-state index contributed by atoms with van der Waals surface area (Å²) in [5.41, 5.74) is 0.534. The van der Waals surface area contributed by atoms with E-state index in [9.17, 15) is 22.4 Å². The summed E-state index contributed by atoms with van der Waals surface area (Å²) in [6.07, 6.45) is 0.000244. The quantitative estimate of drug-likeness (QED) is 0.514. The van der Waals surface area contributed by atoms with Crippen molar-refractivity contribution in [2.45, 2.75) is 22.4 Å². The van der Waals surface area contributed by atoms with Crippen LogP contribution in [0.4, 0.5) is 9.18 Å². The normalized spacial score (nSPS) is 12.5. The van der Waals surface area contributed by atoms with Crippen LogP contribution in [-0.4, -0.2) is 50.9 Å². The minimum Gasteiger partial charge on any atom is -0.432 e. The molecule has 25 heavy (non-hydrogen) atoms. The van der Waals surface area contributed by atoms with Gasteiger partial charge in [-0.25, -0.2) is 17.6 Å². The molecule has 1 amide bonds. The number of alkyl halides is 3. The van der Waals surface area contributed by atoms with Gasteiger partial charge >= 0.3 is 6.16 Å². The third-order valence-electron chi connectivity index (χ3n) is 2.84. The molecule has 0 unspecified atom stereocenters. The lowest BCUT2D eigenvalue weighted by atomic mass is 10.2. The summed E-state index contributed by atoms with van der Waals surface area (Å²) in [7, 11) is -3.31. The standard InChI is InChI=1S/C14H16Cl2FNO6S/c1-25(21,22)11-4-2-9(3-5-11)7-23-14(20)24-8-10(6-17)18-13(19)12(15)16/h2-5,10,12H,6-8H2,1H3,(H,18,19)/t10-/m1/s1. The molecule has 0 saturated heterocycles. The molecular formula is C14H16Cl2FNO6S. The predicted octanol–water partition coefficient (Wildman–Crippen LogP) is 2.00. The topological polar surface area (TPSA) is 98.8 Å². The number of ether oxygens (including phenoxy) is 2. The van der Waals surface area contributed by atoms with Gasteiger partial charge in [-0.3, -0.25) is 4.79 Å². The SMILES string of the molecule is CS(=O)(=O)c1ccc(COC(=O)OC[C@@H](CF)NC(=O)C(Cl)Cl)cc1. The highest BCUT2D eigenvalue weighted by Gasteiger charge is 2.19. The van der Waals surface area contributed by atoms with Gasteiger partial charge in [0.05, 0.1) is 10.9 Å². The summed E-state index contributed by atoms with van der Waals surface area (Å²) in [6, 6.07) is 4.62. The van der Waals surface area contributed by atoms with Crippen molar-refractivity contribution >= 4 is 45.1 Å². The zero-order valence-electron chi connectivity index (χ0n) is 13.1. The van der Waals surface area contributed by atoms with Crippen molar-refractivity contribution in [1.82, 2.24) is 5.32 Å². The number of benzene rings is 1. The van der Waals surface area contributed by atoms with Crippen LogP contribution in [0.5, 0.6) is 0 Å². The molecule has 1 N–H and O–H groups in total.